The second-order valence-electron chi connectivity index (χ2n) is 6.80. The standard InChI is InChI=1S/C17H20N4O4/c1-10-12-8-18-21(17(2,3)4)14(12)15(22)20(19-10)9-11-6-7-13(25-11)16(23)24-5/h6-8H,9H2,1-5H3. The molecule has 0 fully saturated rings. The van der Waals surface area contributed by atoms with Crippen LogP contribution in [0, 0.1) is 6.92 Å². The molecular weight excluding hydrogens is 324 g/mol. The van der Waals surface area contributed by atoms with Crippen LogP contribution in [0.1, 0.15) is 42.8 Å². The van der Waals surface area contributed by atoms with Gasteiger partial charge in [-0.05, 0) is 39.8 Å². The summed E-state index contributed by atoms with van der Waals surface area (Å²) in [6.45, 7) is 7.88. The minimum atomic E-state index is -0.566. The van der Waals surface area contributed by atoms with Crippen molar-refractivity contribution in [2.24, 2.45) is 0 Å². The number of ether oxygens (including phenoxy) is 1. The first-order valence-electron chi connectivity index (χ1n) is 7.85. The first-order valence-corrected chi connectivity index (χ1v) is 7.85. The summed E-state index contributed by atoms with van der Waals surface area (Å²) in [4.78, 5) is 24.4. The number of hydrogen-bond donors (Lipinski definition) is 0. The lowest BCUT2D eigenvalue weighted by atomic mass is 10.1. The van der Waals surface area contributed by atoms with E-state index in [4.69, 9.17) is 4.42 Å². The zero-order valence-corrected chi connectivity index (χ0v) is 14.9. The zero-order chi connectivity index (χ0) is 18.4. The Bertz CT molecular complexity index is 1000. The molecule has 0 N–H and O–H groups in total. The van der Waals surface area contributed by atoms with Crippen molar-refractivity contribution in [2.45, 2.75) is 39.8 Å². The lowest BCUT2D eigenvalue weighted by Crippen LogP contribution is -2.30. The van der Waals surface area contributed by atoms with Gasteiger partial charge in [0.15, 0.2) is 0 Å². The van der Waals surface area contributed by atoms with Crippen LogP contribution in [0.15, 0.2) is 27.5 Å². The number of esters is 1. The van der Waals surface area contributed by atoms with E-state index < -0.39 is 5.97 Å². The number of carbonyl (C=O) groups excluding carboxylic acids is 1. The molecule has 0 amide bonds. The molecule has 0 unspecified atom stereocenters. The van der Waals surface area contributed by atoms with Crippen molar-refractivity contribution in [3.63, 3.8) is 0 Å². The zero-order valence-electron chi connectivity index (χ0n) is 14.9. The number of fused-ring (bicyclic) bond motifs is 1. The van der Waals surface area contributed by atoms with Gasteiger partial charge in [0.1, 0.15) is 17.8 Å². The van der Waals surface area contributed by atoms with Gasteiger partial charge in [-0.15, -0.1) is 0 Å². The molecule has 132 valence electrons. The Hall–Kier alpha value is -2.90. The number of aryl methyl sites for hydroxylation is 1. The second kappa shape index (κ2) is 5.87. The quantitative estimate of drug-likeness (QED) is 0.676. The van der Waals surface area contributed by atoms with Crippen molar-refractivity contribution in [1.29, 1.82) is 0 Å². The fourth-order valence-electron chi connectivity index (χ4n) is 2.66. The van der Waals surface area contributed by atoms with Crippen molar-refractivity contribution in [3.8, 4) is 0 Å². The lowest BCUT2D eigenvalue weighted by Gasteiger charge is -2.20. The van der Waals surface area contributed by atoms with Gasteiger partial charge in [0, 0.05) is 5.39 Å². The molecule has 0 bridgehead atoms. The Balaban J connectivity index is 2.08. The van der Waals surface area contributed by atoms with E-state index in [2.05, 4.69) is 14.9 Å². The molecule has 3 aromatic rings. The maximum Gasteiger partial charge on any atom is 0.373 e. The summed E-state index contributed by atoms with van der Waals surface area (Å²) in [5, 5.41) is 9.42. The highest BCUT2D eigenvalue weighted by molar-refractivity contribution is 5.86. The van der Waals surface area contributed by atoms with Gasteiger partial charge in [0.2, 0.25) is 5.76 Å². The topological polar surface area (TPSA) is 92.2 Å². The van der Waals surface area contributed by atoms with E-state index in [9.17, 15) is 9.59 Å². The van der Waals surface area contributed by atoms with Gasteiger partial charge < -0.3 is 9.15 Å². The lowest BCUT2D eigenvalue weighted by molar-refractivity contribution is 0.0562. The molecule has 0 aliphatic rings. The molecule has 25 heavy (non-hydrogen) atoms. The van der Waals surface area contributed by atoms with Crippen molar-refractivity contribution in [2.75, 3.05) is 7.11 Å². The minimum Gasteiger partial charge on any atom is -0.463 e. The number of methoxy groups -OCH3 is 1. The van der Waals surface area contributed by atoms with E-state index in [1.165, 1.54) is 17.9 Å². The highest BCUT2D eigenvalue weighted by Crippen LogP contribution is 2.20. The van der Waals surface area contributed by atoms with Gasteiger partial charge >= 0.3 is 5.97 Å². The predicted octanol–water partition coefficient (Wildman–Crippen LogP) is 2.08. The van der Waals surface area contributed by atoms with Crippen molar-refractivity contribution < 1.29 is 13.9 Å². The molecular formula is C17H20N4O4. The number of hydrogen-bond acceptors (Lipinski definition) is 6. The molecule has 0 aliphatic carbocycles. The molecule has 0 aromatic carbocycles. The monoisotopic (exact) mass is 344 g/mol. The van der Waals surface area contributed by atoms with Crippen LogP contribution in [0.5, 0.6) is 0 Å². The Kier molecular flexibility index (Phi) is 3.98. The van der Waals surface area contributed by atoms with E-state index in [1.807, 2.05) is 27.7 Å². The van der Waals surface area contributed by atoms with E-state index in [-0.39, 0.29) is 23.4 Å². The molecule has 0 aliphatic heterocycles. The highest BCUT2D eigenvalue weighted by Gasteiger charge is 2.22. The molecule has 0 saturated heterocycles. The van der Waals surface area contributed by atoms with Crippen LogP contribution in [0.4, 0.5) is 0 Å². The summed E-state index contributed by atoms with van der Waals surface area (Å²) < 4.78 is 13.1. The third kappa shape index (κ3) is 2.95. The van der Waals surface area contributed by atoms with Gasteiger partial charge in [-0.25, -0.2) is 9.48 Å². The van der Waals surface area contributed by atoms with Gasteiger partial charge in [0.05, 0.1) is 24.5 Å². The largest absolute Gasteiger partial charge is 0.463 e. The number of aromatic nitrogens is 4. The third-order valence-corrected chi connectivity index (χ3v) is 3.86. The van der Waals surface area contributed by atoms with Gasteiger partial charge in [-0.1, -0.05) is 0 Å². The Morgan fingerprint density at radius 1 is 1.32 bits per heavy atom. The van der Waals surface area contributed by atoms with Crippen molar-refractivity contribution in [1.82, 2.24) is 19.6 Å². The summed E-state index contributed by atoms with van der Waals surface area (Å²) in [6.07, 6.45) is 1.66. The van der Waals surface area contributed by atoms with E-state index in [1.54, 1.807) is 16.9 Å². The van der Waals surface area contributed by atoms with Crippen LogP contribution in [0.2, 0.25) is 0 Å². The van der Waals surface area contributed by atoms with Gasteiger partial charge in [-0.2, -0.15) is 10.2 Å². The molecule has 8 nitrogen and oxygen atoms in total. The second-order valence-corrected chi connectivity index (χ2v) is 6.80. The molecule has 3 rings (SSSR count). The number of furan rings is 1. The Labute approximate surface area is 144 Å². The van der Waals surface area contributed by atoms with Crippen LogP contribution >= 0.6 is 0 Å². The number of rotatable bonds is 3. The molecule has 0 saturated carbocycles. The number of carbonyl (C=O) groups is 1. The minimum absolute atomic E-state index is 0.0862. The summed E-state index contributed by atoms with van der Waals surface area (Å²) in [6, 6.07) is 3.14. The van der Waals surface area contributed by atoms with Crippen LogP contribution in [0.25, 0.3) is 10.9 Å². The van der Waals surface area contributed by atoms with Crippen LogP contribution in [-0.2, 0) is 16.8 Å². The normalized spacial score (nSPS) is 11.9. The molecule has 8 heteroatoms. The summed E-state index contributed by atoms with van der Waals surface area (Å²) in [7, 11) is 1.28. The Morgan fingerprint density at radius 2 is 2.04 bits per heavy atom. The van der Waals surface area contributed by atoms with Crippen LogP contribution < -0.4 is 5.56 Å². The molecule has 3 heterocycles. The summed E-state index contributed by atoms with van der Waals surface area (Å²) in [5.41, 5.74) is 0.601. The molecule has 0 radical (unpaired) electrons. The fourth-order valence-corrected chi connectivity index (χ4v) is 2.66. The molecule has 0 spiro atoms. The molecule has 3 aromatic heterocycles. The smallest absolute Gasteiger partial charge is 0.373 e. The van der Waals surface area contributed by atoms with Crippen molar-refractivity contribution >= 4 is 16.9 Å². The first-order chi connectivity index (χ1) is 11.7. The van der Waals surface area contributed by atoms with Gasteiger partial charge in [-0.3, -0.25) is 9.48 Å². The maximum absolute atomic E-state index is 12.9. The number of nitrogens with zero attached hydrogens (tertiary/aromatic N) is 4. The van der Waals surface area contributed by atoms with E-state index >= 15 is 0 Å². The van der Waals surface area contributed by atoms with Crippen LogP contribution in [0.3, 0.4) is 0 Å². The molecule has 0 atom stereocenters. The SMILES string of the molecule is COC(=O)c1ccc(Cn2nc(C)c3cnn(C(C)(C)C)c3c2=O)o1. The van der Waals surface area contributed by atoms with Crippen molar-refractivity contribution in [3.05, 3.63) is 45.9 Å². The average molecular weight is 344 g/mol. The van der Waals surface area contributed by atoms with E-state index in [0.29, 0.717) is 17.0 Å². The first kappa shape index (κ1) is 16.9. The maximum atomic E-state index is 12.9. The fraction of sp³-hybridized carbons (Fsp3) is 0.412. The Morgan fingerprint density at radius 3 is 2.68 bits per heavy atom. The predicted molar refractivity (Wildman–Crippen MR) is 90.7 cm³/mol. The van der Waals surface area contributed by atoms with Gasteiger partial charge in [0.25, 0.3) is 5.56 Å². The average Bonchev–Trinajstić information content (AvgIpc) is 3.18. The summed E-state index contributed by atoms with van der Waals surface area (Å²) >= 11 is 0. The summed E-state index contributed by atoms with van der Waals surface area (Å²) in [5.74, 6) is -0.0392. The third-order valence-electron chi connectivity index (χ3n) is 3.86. The van der Waals surface area contributed by atoms with E-state index in [0.717, 1.165) is 5.39 Å². The van der Waals surface area contributed by atoms with Crippen LogP contribution in [-0.4, -0.2) is 32.6 Å². The highest BCUT2D eigenvalue weighted by atomic mass is 16.5.